The minimum absolute atomic E-state index is 0.292. The average molecular weight is 290 g/mol. The molecule has 0 unspecified atom stereocenters. The quantitative estimate of drug-likeness (QED) is 0.828. The zero-order valence-corrected chi connectivity index (χ0v) is 12.3. The Labute approximate surface area is 123 Å². The Balaban J connectivity index is 2.12. The maximum Gasteiger partial charge on any atom is 0.278 e. The first-order valence-electron chi connectivity index (χ1n) is 6.69. The van der Waals surface area contributed by atoms with Gasteiger partial charge < -0.3 is 9.26 Å². The van der Waals surface area contributed by atoms with Crippen molar-refractivity contribution in [3.05, 3.63) is 46.8 Å². The van der Waals surface area contributed by atoms with Crippen molar-refractivity contribution in [3.8, 4) is 5.75 Å². The van der Waals surface area contributed by atoms with Gasteiger partial charge in [-0.25, -0.2) is 5.48 Å². The first kappa shape index (κ1) is 15.1. The van der Waals surface area contributed by atoms with E-state index in [0.717, 1.165) is 11.3 Å². The van der Waals surface area contributed by atoms with Crippen LogP contribution in [0.2, 0.25) is 0 Å². The van der Waals surface area contributed by atoms with Crippen molar-refractivity contribution in [2.45, 2.75) is 27.4 Å². The van der Waals surface area contributed by atoms with Gasteiger partial charge in [0, 0.05) is 0 Å². The summed E-state index contributed by atoms with van der Waals surface area (Å²) < 4.78 is 10.8. The highest BCUT2D eigenvalue weighted by atomic mass is 16.6. The lowest BCUT2D eigenvalue weighted by atomic mass is 10.2. The molecule has 112 valence electrons. The fraction of sp³-hybridized carbons (Fsp3) is 0.333. The second kappa shape index (κ2) is 6.90. The molecule has 0 aliphatic heterocycles. The van der Waals surface area contributed by atoms with E-state index in [9.17, 15) is 4.79 Å². The van der Waals surface area contributed by atoms with E-state index >= 15 is 0 Å². The van der Waals surface area contributed by atoms with Gasteiger partial charge in [0.15, 0.2) is 0 Å². The maximum atomic E-state index is 12.0. The molecule has 0 fully saturated rings. The number of nitrogens with zero attached hydrogens (tertiary/aromatic N) is 1. The van der Waals surface area contributed by atoms with Crippen molar-refractivity contribution in [3.63, 3.8) is 0 Å². The average Bonchev–Trinajstić information content (AvgIpc) is 2.82. The van der Waals surface area contributed by atoms with Crippen LogP contribution < -0.4 is 10.2 Å². The van der Waals surface area contributed by atoms with Gasteiger partial charge in [-0.1, -0.05) is 17.3 Å². The molecule has 0 radical (unpaired) electrons. The van der Waals surface area contributed by atoms with Gasteiger partial charge in [0.25, 0.3) is 5.91 Å². The molecule has 1 N–H and O–H groups in total. The Hall–Kier alpha value is -2.34. The van der Waals surface area contributed by atoms with Crippen molar-refractivity contribution >= 4 is 5.91 Å². The number of nitrogens with one attached hydrogen (secondary N) is 1. The number of hydrogen-bond acceptors (Lipinski definition) is 5. The van der Waals surface area contributed by atoms with Crippen molar-refractivity contribution in [1.82, 2.24) is 10.6 Å². The predicted octanol–water partition coefficient (Wildman–Crippen LogP) is 2.55. The number of hydroxylamine groups is 1. The highest BCUT2D eigenvalue weighted by Crippen LogP contribution is 2.21. The van der Waals surface area contributed by atoms with E-state index in [4.69, 9.17) is 14.1 Å². The zero-order chi connectivity index (χ0) is 15.2. The molecular weight excluding hydrogens is 272 g/mol. The molecule has 1 heterocycles. The molecule has 6 nitrogen and oxygen atoms in total. The third kappa shape index (κ3) is 3.61. The number of aromatic nitrogens is 1. The second-order valence-electron chi connectivity index (χ2n) is 4.45. The summed E-state index contributed by atoms with van der Waals surface area (Å²) in [6, 6.07) is 6.99. The van der Waals surface area contributed by atoms with E-state index in [1.54, 1.807) is 31.2 Å². The van der Waals surface area contributed by atoms with Gasteiger partial charge in [0.2, 0.25) is 0 Å². The molecule has 1 aromatic heterocycles. The molecule has 0 bridgehead atoms. The molecule has 0 saturated heterocycles. The fourth-order valence-corrected chi connectivity index (χ4v) is 1.83. The van der Waals surface area contributed by atoms with Gasteiger partial charge in [0.05, 0.1) is 23.4 Å². The lowest BCUT2D eigenvalue weighted by molar-refractivity contribution is 0.0361. The minimum Gasteiger partial charge on any atom is -0.488 e. The van der Waals surface area contributed by atoms with Crippen molar-refractivity contribution in [2.24, 2.45) is 0 Å². The topological polar surface area (TPSA) is 73.6 Å². The van der Waals surface area contributed by atoms with Gasteiger partial charge in [0.1, 0.15) is 18.1 Å². The Morgan fingerprint density at radius 1 is 1.33 bits per heavy atom. The fourth-order valence-electron chi connectivity index (χ4n) is 1.83. The van der Waals surface area contributed by atoms with Gasteiger partial charge in [-0.15, -0.1) is 0 Å². The SMILES string of the molecule is CCONC(=O)c1ccccc1OCc1c(C)noc1C. The maximum absolute atomic E-state index is 12.0. The summed E-state index contributed by atoms with van der Waals surface area (Å²) in [5, 5.41) is 3.87. The van der Waals surface area contributed by atoms with Crippen LogP contribution in [0.25, 0.3) is 0 Å². The van der Waals surface area contributed by atoms with Crippen LogP contribution in [0.15, 0.2) is 28.8 Å². The van der Waals surface area contributed by atoms with Crippen LogP contribution in [0.5, 0.6) is 5.75 Å². The standard InChI is InChI=1S/C15H18N2O4/c1-4-20-17-15(18)12-7-5-6-8-14(12)19-9-13-10(2)16-21-11(13)3/h5-8H,4,9H2,1-3H3,(H,17,18). The first-order chi connectivity index (χ1) is 10.1. The van der Waals surface area contributed by atoms with Crippen molar-refractivity contribution in [2.75, 3.05) is 6.61 Å². The smallest absolute Gasteiger partial charge is 0.278 e. The predicted molar refractivity (Wildman–Crippen MR) is 75.8 cm³/mol. The Morgan fingerprint density at radius 3 is 2.76 bits per heavy atom. The molecule has 2 rings (SSSR count). The van der Waals surface area contributed by atoms with E-state index in [1.165, 1.54) is 0 Å². The summed E-state index contributed by atoms with van der Waals surface area (Å²) in [6.07, 6.45) is 0. The summed E-state index contributed by atoms with van der Waals surface area (Å²) in [5.74, 6) is 0.852. The Bertz CT molecular complexity index is 602. The molecule has 1 aromatic carbocycles. The lowest BCUT2D eigenvalue weighted by Crippen LogP contribution is -2.24. The summed E-state index contributed by atoms with van der Waals surface area (Å²) in [4.78, 5) is 16.9. The molecule has 0 aliphatic rings. The summed E-state index contributed by atoms with van der Waals surface area (Å²) >= 11 is 0. The van der Waals surface area contributed by atoms with Crippen LogP contribution in [0.4, 0.5) is 0 Å². The lowest BCUT2D eigenvalue weighted by Gasteiger charge is -2.11. The number of benzene rings is 1. The molecular formula is C15H18N2O4. The third-order valence-electron chi connectivity index (χ3n) is 2.99. The molecule has 0 spiro atoms. The minimum atomic E-state index is -0.341. The normalized spacial score (nSPS) is 10.4. The largest absolute Gasteiger partial charge is 0.488 e. The molecule has 21 heavy (non-hydrogen) atoms. The number of hydrogen-bond donors (Lipinski definition) is 1. The van der Waals surface area contributed by atoms with Crippen LogP contribution >= 0.6 is 0 Å². The number of amides is 1. The molecule has 0 atom stereocenters. The number of rotatable bonds is 6. The summed E-state index contributed by atoms with van der Waals surface area (Å²) in [6.45, 7) is 6.16. The van der Waals surface area contributed by atoms with Gasteiger partial charge in [-0.05, 0) is 32.9 Å². The van der Waals surface area contributed by atoms with E-state index in [2.05, 4.69) is 10.6 Å². The number of carbonyl (C=O) groups excluding carboxylic acids is 1. The number of ether oxygens (including phenoxy) is 1. The van der Waals surface area contributed by atoms with Gasteiger partial charge in [-0.3, -0.25) is 9.63 Å². The molecule has 0 aliphatic carbocycles. The van der Waals surface area contributed by atoms with Crippen molar-refractivity contribution in [1.29, 1.82) is 0 Å². The monoisotopic (exact) mass is 290 g/mol. The second-order valence-corrected chi connectivity index (χ2v) is 4.45. The summed E-state index contributed by atoms with van der Waals surface area (Å²) in [5.41, 5.74) is 4.44. The van der Waals surface area contributed by atoms with E-state index in [1.807, 2.05) is 13.8 Å². The highest BCUT2D eigenvalue weighted by molar-refractivity contribution is 5.96. The van der Waals surface area contributed by atoms with Crippen LogP contribution in [0, 0.1) is 13.8 Å². The number of aryl methyl sites for hydroxylation is 2. The van der Waals surface area contributed by atoms with E-state index < -0.39 is 0 Å². The Kier molecular flexibility index (Phi) is 4.94. The van der Waals surface area contributed by atoms with Crippen molar-refractivity contribution < 1.29 is 18.9 Å². The zero-order valence-electron chi connectivity index (χ0n) is 12.3. The third-order valence-corrected chi connectivity index (χ3v) is 2.99. The van der Waals surface area contributed by atoms with E-state index in [0.29, 0.717) is 30.3 Å². The number of para-hydroxylation sites is 1. The van der Waals surface area contributed by atoms with Crippen LogP contribution in [0.3, 0.4) is 0 Å². The van der Waals surface area contributed by atoms with Gasteiger partial charge in [-0.2, -0.15) is 0 Å². The highest BCUT2D eigenvalue weighted by Gasteiger charge is 2.14. The first-order valence-corrected chi connectivity index (χ1v) is 6.69. The van der Waals surface area contributed by atoms with Crippen LogP contribution in [-0.4, -0.2) is 17.7 Å². The van der Waals surface area contributed by atoms with Crippen LogP contribution in [0.1, 0.15) is 34.3 Å². The molecule has 0 saturated carbocycles. The van der Waals surface area contributed by atoms with Crippen LogP contribution in [-0.2, 0) is 11.4 Å². The summed E-state index contributed by atoms with van der Waals surface area (Å²) in [7, 11) is 0. The van der Waals surface area contributed by atoms with Gasteiger partial charge >= 0.3 is 0 Å². The Morgan fingerprint density at radius 2 is 2.10 bits per heavy atom. The number of carbonyl (C=O) groups is 1. The molecule has 1 amide bonds. The molecule has 2 aromatic rings. The van der Waals surface area contributed by atoms with E-state index in [-0.39, 0.29) is 5.91 Å². The molecule has 6 heteroatoms.